The van der Waals surface area contributed by atoms with E-state index in [1.807, 2.05) is 0 Å². The van der Waals surface area contributed by atoms with E-state index in [4.69, 9.17) is 4.52 Å². The highest BCUT2D eigenvalue weighted by atomic mass is 32.1. The zero-order valence-corrected chi connectivity index (χ0v) is 15.5. The number of nitrogens with zero attached hydrogens (tertiary/aromatic N) is 4. The molecule has 10 heteroatoms. The van der Waals surface area contributed by atoms with Gasteiger partial charge in [-0.15, -0.1) is 10.2 Å². The van der Waals surface area contributed by atoms with Gasteiger partial charge in [0.25, 0.3) is 0 Å². The van der Waals surface area contributed by atoms with Crippen LogP contribution in [0.3, 0.4) is 0 Å². The van der Waals surface area contributed by atoms with Crippen molar-refractivity contribution < 1.29 is 14.1 Å². The number of amides is 2. The highest BCUT2D eigenvalue weighted by Crippen LogP contribution is 2.34. The Hall–Kier alpha value is -2.36. The van der Waals surface area contributed by atoms with Crippen LogP contribution in [0.25, 0.3) is 0 Å². The van der Waals surface area contributed by atoms with Crippen LogP contribution in [0, 0.1) is 0 Å². The van der Waals surface area contributed by atoms with Gasteiger partial charge in [-0.25, -0.2) is 0 Å². The molecule has 1 fully saturated rings. The summed E-state index contributed by atoms with van der Waals surface area (Å²) in [4.78, 5) is 28.1. The molecular weight excluding hydrogens is 356 g/mol. The van der Waals surface area contributed by atoms with Crippen molar-refractivity contribution in [1.29, 1.82) is 0 Å². The maximum absolute atomic E-state index is 11.9. The molecule has 0 aliphatic heterocycles. The second-order valence-corrected chi connectivity index (χ2v) is 7.31. The van der Waals surface area contributed by atoms with Crippen molar-refractivity contribution in [3.05, 3.63) is 17.2 Å². The summed E-state index contributed by atoms with van der Waals surface area (Å²) in [6.45, 7) is 1.51. The van der Waals surface area contributed by atoms with Gasteiger partial charge in [0, 0.05) is 19.8 Å². The van der Waals surface area contributed by atoms with Crippen molar-refractivity contribution in [2.75, 3.05) is 5.32 Å². The van der Waals surface area contributed by atoms with Gasteiger partial charge in [-0.1, -0.05) is 42.2 Å². The molecule has 0 bridgehead atoms. The van der Waals surface area contributed by atoms with Crippen LogP contribution in [0.4, 0.5) is 5.13 Å². The summed E-state index contributed by atoms with van der Waals surface area (Å²) >= 11 is 1.26. The summed E-state index contributed by atoms with van der Waals surface area (Å²) in [6, 6.07) is 0. The molecular formula is C16H22N6O3S. The molecule has 0 spiro atoms. The van der Waals surface area contributed by atoms with Crippen molar-refractivity contribution in [2.24, 2.45) is 0 Å². The van der Waals surface area contributed by atoms with Crippen molar-refractivity contribution in [1.82, 2.24) is 25.7 Å². The lowest BCUT2D eigenvalue weighted by molar-refractivity contribution is -0.121. The van der Waals surface area contributed by atoms with E-state index >= 15 is 0 Å². The fraction of sp³-hybridized carbons (Fsp3) is 0.625. The Morgan fingerprint density at radius 2 is 2.04 bits per heavy atom. The van der Waals surface area contributed by atoms with Crippen molar-refractivity contribution in [3.8, 4) is 0 Å². The minimum absolute atomic E-state index is 0.102. The third kappa shape index (κ3) is 4.63. The predicted octanol–water partition coefficient (Wildman–Crippen LogP) is 2.18. The van der Waals surface area contributed by atoms with Crippen LogP contribution >= 0.6 is 11.3 Å². The van der Waals surface area contributed by atoms with E-state index in [2.05, 4.69) is 31.0 Å². The summed E-state index contributed by atoms with van der Waals surface area (Å²) in [6.07, 6.45) is 6.41. The normalized spacial score (nSPS) is 16.7. The van der Waals surface area contributed by atoms with Gasteiger partial charge in [0.15, 0.2) is 5.82 Å². The number of rotatable bonds is 6. The number of nitrogens with one attached hydrogen (secondary N) is 2. The van der Waals surface area contributed by atoms with Crippen LogP contribution in [0.2, 0.25) is 0 Å². The van der Waals surface area contributed by atoms with Crippen LogP contribution in [-0.2, 0) is 21.5 Å². The van der Waals surface area contributed by atoms with Gasteiger partial charge in [-0.2, -0.15) is 4.98 Å². The molecule has 2 amide bonds. The molecule has 2 N–H and O–H groups in total. The van der Waals surface area contributed by atoms with Gasteiger partial charge in [0.05, 0.1) is 0 Å². The minimum Gasteiger partial charge on any atom is -0.343 e. The summed E-state index contributed by atoms with van der Waals surface area (Å²) < 4.78 is 5.33. The monoisotopic (exact) mass is 378 g/mol. The maximum atomic E-state index is 11.9. The van der Waals surface area contributed by atoms with Crippen molar-refractivity contribution in [2.45, 2.75) is 63.8 Å². The van der Waals surface area contributed by atoms with Gasteiger partial charge >= 0.3 is 0 Å². The lowest BCUT2D eigenvalue weighted by atomic mass is 9.89. The first-order valence-corrected chi connectivity index (χ1v) is 9.63. The van der Waals surface area contributed by atoms with Crippen molar-refractivity contribution >= 4 is 28.3 Å². The third-order valence-corrected chi connectivity index (χ3v) is 5.05. The molecule has 1 aliphatic carbocycles. The van der Waals surface area contributed by atoms with Crippen LogP contribution in [-0.4, -0.2) is 32.2 Å². The number of anilines is 1. The summed E-state index contributed by atoms with van der Waals surface area (Å²) in [5, 5.41) is 17.7. The Balaban J connectivity index is 1.64. The first-order chi connectivity index (χ1) is 12.6. The summed E-state index contributed by atoms with van der Waals surface area (Å²) in [5.41, 5.74) is 0.979. The highest BCUT2D eigenvalue weighted by molar-refractivity contribution is 7.13. The van der Waals surface area contributed by atoms with Crippen LogP contribution in [0.5, 0.6) is 0 Å². The Bertz CT molecular complexity index is 737. The van der Waals surface area contributed by atoms with E-state index in [1.165, 1.54) is 18.3 Å². The molecule has 1 saturated carbocycles. The fourth-order valence-corrected chi connectivity index (χ4v) is 3.72. The maximum Gasteiger partial charge on any atom is 0.227 e. The van der Waals surface area contributed by atoms with Gasteiger partial charge in [-0.05, 0) is 12.8 Å². The molecule has 2 aromatic rings. The number of hydrogen-bond acceptors (Lipinski definition) is 8. The Kier molecular flexibility index (Phi) is 5.92. The van der Waals surface area contributed by atoms with E-state index in [0.29, 0.717) is 23.3 Å². The van der Waals surface area contributed by atoms with Crippen molar-refractivity contribution in [3.63, 3.8) is 0 Å². The van der Waals surface area contributed by atoms with E-state index < -0.39 is 5.54 Å². The number of aromatic nitrogens is 4. The number of aryl methyl sites for hydroxylation is 1. The lowest BCUT2D eigenvalue weighted by Gasteiger charge is -2.30. The van der Waals surface area contributed by atoms with E-state index in [1.54, 1.807) is 5.51 Å². The Morgan fingerprint density at radius 1 is 1.27 bits per heavy atom. The third-order valence-electron chi connectivity index (χ3n) is 4.44. The average molecular weight is 378 g/mol. The number of hydrogen-bond donors (Lipinski definition) is 2. The Labute approximate surface area is 155 Å². The molecule has 0 atom stereocenters. The van der Waals surface area contributed by atoms with E-state index in [-0.39, 0.29) is 18.2 Å². The van der Waals surface area contributed by atoms with Gasteiger partial charge in [0.1, 0.15) is 11.0 Å². The van der Waals surface area contributed by atoms with Crippen LogP contribution in [0.15, 0.2) is 10.0 Å². The minimum atomic E-state index is -0.571. The molecule has 3 rings (SSSR count). The zero-order chi connectivity index (χ0) is 18.4. The second kappa shape index (κ2) is 8.35. The van der Waals surface area contributed by atoms with E-state index in [0.717, 1.165) is 38.5 Å². The predicted molar refractivity (Wildman–Crippen MR) is 94.4 cm³/mol. The number of carbonyl (C=O) groups is 2. The standard InChI is InChI=1S/C16H22N6O3S/c1-11(23)20-16(8-4-2-3-5-9-16)14-19-13(25-22-14)7-6-12(24)18-15-21-17-10-26-15/h10H,2-9H2,1H3,(H,20,23)(H,18,21,24). The van der Waals surface area contributed by atoms with Gasteiger partial charge in [-0.3, -0.25) is 9.59 Å². The molecule has 2 aromatic heterocycles. The molecule has 140 valence electrons. The lowest BCUT2D eigenvalue weighted by Crippen LogP contribution is -2.45. The molecule has 0 aromatic carbocycles. The fourth-order valence-electron chi connectivity index (χ4n) is 3.25. The first-order valence-electron chi connectivity index (χ1n) is 8.75. The molecule has 0 saturated heterocycles. The molecule has 9 nitrogen and oxygen atoms in total. The molecule has 0 unspecified atom stereocenters. The van der Waals surface area contributed by atoms with Crippen LogP contribution < -0.4 is 10.6 Å². The topological polar surface area (TPSA) is 123 Å². The number of carbonyl (C=O) groups excluding carboxylic acids is 2. The zero-order valence-electron chi connectivity index (χ0n) is 14.7. The molecule has 2 heterocycles. The quantitative estimate of drug-likeness (QED) is 0.738. The SMILES string of the molecule is CC(=O)NC1(c2noc(CCC(=O)Nc3nncs3)n2)CCCCCC1. The van der Waals surface area contributed by atoms with E-state index in [9.17, 15) is 9.59 Å². The molecule has 26 heavy (non-hydrogen) atoms. The van der Waals surface area contributed by atoms with Crippen LogP contribution in [0.1, 0.15) is 63.6 Å². The first kappa shape index (κ1) is 18.4. The Morgan fingerprint density at radius 3 is 2.69 bits per heavy atom. The van der Waals surface area contributed by atoms with Gasteiger partial charge in [0.2, 0.25) is 22.8 Å². The highest BCUT2D eigenvalue weighted by Gasteiger charge is 2.38. The second-order valence-electron chi connectivity index (χ2n) is 6.48. The van der Waals surface area contributed by atoms with Gasteiger partial charge < -0.3 is 15.2 Å². The largest absolute Gasteiger partial charge is 0.343 e. The summed E-state index contributed by atoms with van der Waals surface area (Å²) in [7, 11) is 0. The molecule has 1 aliphatic rings. The molecule has 0 radical (unpaired) electrons. The smallest absolute Gasteiger partial charge is 0.227 e. The average Bonchev–Trinajstić information content (AvgIpc) is 3.22. The summed E-state index contributed by atoms with van der Waals surface area (Å²) in [5.74, 6) is 0.609.